The molecule has 4 rings (SSSR count). The van der Waals surface area contributed by atoms with Gasteiger partial charge < -0.3 is 10.1 Å². The quantitative estimate of drug-likeness (QED) is 0.532. The topological polar surface area (TPSA) is 108 Å². The van der Waals surface area contributed by atoms with Crippen LogP contribution in [0.2, 0.25) is 0 Å². The molecule has 0 fully saturated rings. The first kappa shape index (κ1) is 20.0. The van der Waals surface area contributed by atoms with Crippen LogP contribution in [0.5, 0.6) is 5.88 Å². The zero-order chi connectivity index (χ0) is 22.0. The molecule has 9 nitrogen and oxygen atoms in total. The number of methoxy groups -OCH3 is 1. The Morgan fingerprint density at radius 1 is 1.10 bits per heavy atom. The van der Waals surface area contributed by atoms with Crippen LogP contribution < -0.4 is 21.3 Å². The van der Waals surface area contributed by atoms with Gasteiger partial charge in [-0.25, -0.2) is 9.36 Å². The molecular formula is C22H19N5O4. The Hall–Kier alpha value is -4.27. The van der Waals surface area contributed by atoms with E-state index in [0.717, 1.165) is 20.2 Å². The molecule has 4 aromatic rings. The normalized spacial score (nSPS) is 10.8. The van der Waals surface area contributed by atoms with E-state index >= 15 is 0 Å². The number of anilines is 1. The molecule has 0 saturated heterocycles. The van der Waals surface area contributed by atoms with E-state index in [1.54, 1.807) is 30.5 Å². The Kier molecular flexibility index (Phi) is 5.31. The summed E-state index contributed by atoms with van der Waals surface area (Å²) in [6.45, 7) is 1.39. The molecule has 0 spiro atoms. The summed E-state index contributed by atoms with van der Waals surface area (Å²) in [4.78, 5) is 41.7. The fraction of sp³-hybridized carbons (Fsp3) is 0.136. The Labute approximate surface area is 176 Å². The second-order valence-corrected chi connectivity index (χ2v) is 6.86. The summed E-state index contributed by atoms with van der Waals surface area (Å²) in [6.07, 6.45) is 1.63. The summed E-state index contributed by atoms with van der Waals surface area (Å²) in [7, 11) is 1.31. The van der Waals surface area contributed by atoms with Gasteiger partial charge in [-0.15, -0.1) is 5.10 Å². The monoisotopic (exact) mass is 417 g/mol. The Morgan fingerprint density at radius 2 is 1.90 bits per heavy atom. The zero-order valence-electron chi connectivity index (χ0n) is 16.9. The van der Waals surface area contributed by atoms with Crippen molar-refractivity contribution in [2.24, 2.45) is 0 Å². The van der Waals surface area contributed by atoms with Crippen molar-refractivity contribution in [1.29, 1.82) is 0 Å². The summed E-state index contributed by atoms with van der Waals surface area (Å²) < 4.78 is 7.23. The highest BCUT2D eigenvalue weighted by atomic mass is 16.5. The van der Waals surface area contributed by atoms with Crippen molar-refractivity contribution in [3.8, 4) is 11.6 Å². The van der Waals surface area contributed by atoms with E-state index in [4.69, 9.17) is 4.74 Å². The number of nitrogens with one attached hydrogen (secondary N) is 1. The fourth-order valence-electron chi connectivity index (χ4n) is 3.23. The number of para-hydroxylation sites is 1. The number of rotatable bonds is 5. The van der Waals surface area contributed by atoms with Crippen molar-refractivity contribution in [3.05, 3.63) is 87.2 Å². The number of carbonyl (C=O) groups excluding carboxylic acids is 1. The van der Waals surface area contributed by atoms with Gasteiger partial charge in [0, 0.05) is 24.2 Å². The van der Waals surface area contributed by atoms with E-state index in [2.05, 4.69) is 15.4 Å². The second-order valence-electron chi connectivity index (χ2n) is 6.86. The molecule has 0 radical (unpaired) electrons. The van der Waals surface area contributed by atoms with Gasteiger partial charge in [0.05, 0.1) is 24.9 Å². The van der Waals surface area contributed by atoms with E-state index in [0.29, 0.717) is 16.9 Å². The van der Waals surface area contributed by atoms with Crippen molar-refractivity contribution in [1.82, 2.24) is 19.3 Å². The number of fused-ring (bicyclic) bond motifs is 1. The van der Waals surface area contributed by atoms with Crippen LogP contribution in [-0.4, -0.2) is 32.3 Å². The maximum Gasteiger partial charge on any atom is 0.352 e. The highest BCUT2D eigenvalue weighted by molar-refractivity contribution is 5.88. The molecule has 0 unspecified atom stereocenters. The lowest BCUT2D eigenvalue weighted by Gasteiger charge is -2.12. The number of ether oxygens (including phenoxy) is 1. The van der Waals surface area contributed by atoms with Gasteiger partial charge in [0.1, 0.15) is 0 Å². The highest BCUT2D eigenvalue weighted by Gasteiger charge is 2.16. The van der Waals surface area contributed by atoms with Crippen LogP contribution >= 0.6 is 0 Å². The third-order valence-corrected chi connectivity index (χ3v) is 4.62. The van der Waals surface area contributed by atoms with Crippen LogP contribution in [0.4, 0.5) is 5.69 Å². The molecular weight excluding hydrogens is 398 g/mol. The molecule has 156 valence electrons. The summed E-state index contributed by atoms with van der Waals surface area (Å²) in [5.41, 5.74) is 1.09. The smallest absolute Gasteiger partial charge is 0.352 e. The molecule has 31 heavy (non-hydrogen) atoms. The number of nitrogens with zero attached hydrogens (tertiary/aromatic N) is 4. The average Bonchev–Trinajstić information content (AvgIpc) is 2.76. The van der Waals surface area contributed by atoms with Gasteiger partial charge in [-0.1, -0.05) is 24.3 Å². The minimum absolute atomic E-state index is 0.000231. The lowest BCUT2D eigenvalue weighted by molar-refractivity contribution is -0.114. The van der Waals surface area contributed by atoms with E-state index in [-0.39, 0.29) is 18.3 Å². The van der Waals surface area contributed by atoms with Gasteiger partial charge in [-0.2, -0.15) is 4.68 Å². The second kappa shape index (κ2) is 8.23. The molecule has 0 aliphatic rings. The summed E-state index contributed by atoms with van der Waals surface area (Å²) in [5.74, 6) is -0.470. The Bertz CT molecular complexity index is 1410. The first-order chi connectivity index (χ1) is 15.0. The van der Waals surface area contributed by atoms with Crippen LogP contribution in [0, 0.1) is 0 Å². The predicted molar refractivity (Wildman–Crippen MR) is 116 cm³/mol. The number of hydrogen-bond donors (Lipinski definition) is 1. The van der Waals surface area contributed by atoms with Crippen molar-refractivity contribution in [2.45, 2.75) is 13.5 Å². The van der Waals surface area contributed by atoms with Gasteiger partial charge in [0.25, 0.3) is 5.88 Å². The Balaban J connectivity index is 1.82. The molecule has 0 bridgehead atoms. The van der Waals surface area contributed by atoms with E-state index < -0.39 is 11.2 Å². The lowest BCUT2D eigenvalue weighted by atomic mass is 10.1. The van der Waals surface area contributed by atoms with Crippen LogP contribution in [0.25, 0.3) is 16.6 Å². The molecule has 2 aromatic carbocycles. The summed E-state index contributed by atoms with van der Waals surface area (Å²) in [6, 6.07) is 16.0. The molecule has 1 amide bonds. The molecule has 2 aromatic heterocycles. The third kappa shape index (κ3) is 4.06. The maximum absolute atomic E-state index is 13.2. The molecule has 9 heteroatoms. The predicted octanol–water partition coefficient (Wildman–Crippen LogP) is 1.96. The standard InChI is InChI=1S/C22H19N5O4/c1-14(28)24-17-7-5-8-18(11-17)27-22(30)26(21(29)20(25-27)31-2)13-15-10-16-6-3-4-9-19(16)23-12-15/h3-12H,13H2,1-2H3,(H,24,28). The van der Waals surface area contributed by atoms with Gasteiger partial charge in [-0.05, 0) is 35.9 Å². The number of carbonyl (C=O) groups is 1. The van der Waals surface area contributed by atoms with Gasteiger partial charge in [0.15, 0.2) is 0 Å². The van der Waals surface area contributed by atoms with Crippen molar-refractivity contribution < 1.29 is 9.53 Å². The first-order valence-electron chi connectivity index (χ1n) is 9.46. The third-order valence-electron chi connectivity index (χ3n) is 4.62. The fourth-order valence-corrected chi connectivity index (χ4v) is 3.23. The molecule has 0 aliphatic carbocycles. The molecule has 1 N–H and O–H groups in total. The zero-order valence-corrected chi connectivity index (χ0v) is 16.9. The van der Waals surface area contributed by atoms with Crippen LogP contribution in [-0.2, 0) is 11.3 Å². The molecule has 0 saturated carbocycles. The highest BCUT2D eigenvalue weighted by Crippen LogP contribution is 2.15. The van der Waals surface area contributed by atoms with Crippen molar-refractivity contribution in [3.63, 3.8) is 0 Å². The SMILES string of the molecule is COc1nn(-c2cccc(NC(C)=O)c2)c(=O)n(Cc2cnc3ccccc3c2)c1=O. The van der Waals surface area contributed by atoms with E-state index in [1.807, 2.05) is 30.3 Å². The van der Waals surface area contributed by atoms with E-state index in [9.17, 15) is 14.4 Å². The minimum Gasteiger partial charge on any atom is -0.476 e. The number of benzene rings is 2. The molecule has 0 atom stereocenters. The van der Waals surface area contributed by atoms with Crippen LogP contribution in [0.1, 0.15) is 12.5 Å². The average molecular weight is 417 g/mol. The van der Waals surface area contributed by atoms with E-state index in [1.165, 1.54) is 14.0 Å². The van der Waals surface area contributed by atoms with Crippen LogP contribution in [0.15, 0.2) is 70.4 Å². The van der Waals surface area contributed by atoms with Crippen LogP contribution in [0.3, 0.4) is 0 Å². The first-order valence-corrected chi connectivity index (χ1v) is 9.46. The van der Waals surface area contributed by atoms with Gasteiger partial charge in [-0.3, -0.25) is 14.6 Å². The molecule has 2 heterocycles. The number of hydrogen-bond acceptors (Lipinski definition) is 6. The largest absolute Gasteiger partial charge is 0.476 e. The number of aromatic nitrogens is 4. The summed E-state index contributed by atoms with van der Waals surface area (Å²) >= 11 is 0. The molecule has 0 aliphatic heterocycles. The van der Waals surface area contributed by atoms with Gasteiger partial charge in [0.2, 0.25) is 5.91 Å². The Morgan fingerprint density at radius 3 is 2.68 bits per heavy atom. The maximum atomic E-state index is 13.2. The number of pyridine rings is 1. The summed E-state index contributed by atoms with van der Waals surface area (Å²) in [5, 5.41) is 7.61. The van der Waals surface area contributed by atoms with Crippen molar-refractivity contribution in [2.75, 3.05) is 12.4 Å². The number of amides is 1. The minimum atomic E-state index is -0.644. The van der Waals surface area contributed by atoms with Gasteiger partial charge >= 0.3 is 11.2 Å². The lowest BCUT2D eigenvalue weighted by Crippen LogP contribution is -2.41. The van der Waals surface area contributed by atoms with Crippen molar-refractivity contribution >= 4 is 22.5 Å².